The second-order valence-corrected chi connectivity index (χ2v) is 6.17. The highest BCUT2D eigenvalue weighted by Crippen LogP contribution is 2.28. The van der Waals surface area contributed by atoms with Gasteiger partial charge in [-0.2, -0.15) is 5.26 Å². The van der Waals surface area contributed by atoms with Crippen LogP contribution in [0.4, 0.5) is 5.69 Å². The fourth-order valence-corrected chi connectivity index (χ4v) is 2.59. The van der Waals surface area contributed by atoms with Gasteiger partial charge in [0, 0.05) is 5.69 Å². The van der Waals surface area contributed by atoms with Crippen LogP contribution in [0.1, 0.15) is 37.3 Å². The number of nitriles is 1. The van der Waals surface area contributed by atoms with Gasteiger partial charge in [0.15, 0.2) is 11.5 Å². The molecule has 140 valence electrons. The van der Waals surface area contributed by atoms with Crippen LogP contribution in [0, 0.1) is 11.3 Å². The molecular weight excluding hydrogens is 340 g/mol. The number of amides is 1. The third-order valence-electron chi connectivity index (χ3n) is 4.43. The van der Waals surface area contributed by atoms with Crippen LogP contribution in [0.5, 0.6) is 11.5 Å². The van der Waals surface area contributed by atoms with Crippen molar-refractivity contribution >= 4 is 17.7 Å². The van der Waals surface area contributed by atoms with E-state index in [-0.39, 0.29) is 5.57 Å². The molecule has 0 unspecified atom stereocenters. The van der Waals surface area contributed by atoms with E-state index < -0.39 is 5.91 Å². The van der Waals surface area contributed by atoms with Gasteiger partial charge in [0.1, 0.15) is 11.6 Å². The van der Waals surface area contributed by atoms with Crippen molar-refractivity contribution in [1.29, 1.82) is 5.26 Å². The van der Waals surface area contributed by atoms with Crippen molar-refractivity contribution in [1.82, 2.24) is 0 Å². The summed E-state index contributed by atoms with van der Waals surface area (Å²) in [4.78, 5) is 12.4. The van der Waals surface area contributed by atoms with Crippen LogP contribution >= 0.6 is 0 Å². The van der Waals surface area contributed by atoms with Crippen LogP contribution in [0.2, 0.25) is 0 Å². The van der Waals surface area contributed by atoms with E-state index in [0.717, 1.165) is 6.42 Å². The summed E-state index contributed by atoms with van der Waals surface area (Å²) in [6.45, 7) is 4.30. The predicted octanol–water partition coefficient (Wildman–Crippen LogP) is 4.76. The maximum atomic E-state index is 12.4. The summed E-state index contributed by atoms with van der Waals surface area (Å²) in [6.07, 6.45) is 2.57. The van der Waals surface area contributed by atoms with E-state index in [1.54, 1.807) is 25.3 Å². The van der Waals surface area contributed by atoms with E-state index in [1.165, 1.54) is 18.7 Å². The average molecular weight is 364 g/mol. The maximum Gasteiger partial charge on any atom is 0.266 e. The lowest BCUT2D eigenvalue weighted by atomic mass is 9.98. The topological polar surface area (TPSA) is 71.4 Å². The average Bonchev–Trinajstić information content (AvgIpc) is 2.71. The highest BCUT2D eigenvalue weighted by molar-refractivity contribution is 6.09. The number of methoxy groups -OCH3 is 2. The lowest BCUT2D eigenvalue weighted by molar-refractivity contribution is -0.112. The largest absolute Gasteiger partial charge is 0.493 e. The Morgan fingerprint density at radius 1 is 1.15 bits per heavy atom. The molecule has 5 heteroatoms. The molecule has 0 radical (unpaired) electrons. The Hall–Kier alpha value is -3.26. The summed E-state index contributed by atoms with van der Waals surface area (Å²) in [7, 11) is 3.08. The third-order valence-corrected chi connectivity index (χ3v) is 4.43. The first-order valence-corrected chi connectivity index (χ1v) is 8.77. The number of ether oxygens (including phenoxy) is 2. The Morgan fingerprint density at radius 2 is 1.81 bits per heavy atom. The molecule has 0 saturated heterocycles. The van der Waals surface area contributed by atoms with E-state index >= 15 is 0 Å². The molecule has 2 aromatic carbocycles. The molecule has 0 bridgehead atoms. The van der Waals surface area contributed by atoms with Gasteiger partial charge in [0.25, 0.3) is 5.91 Å². The molecule has 0 aliphatic carbocycles. The highest BCUT2D eigenvalue weighted by atomic mass is 16.5. The van der Waals surface area contributed by atoms with Crippen molar-refractivity contribution in [2.24, 2.45) is 0 Å². The molecule has 0 spiro atoms. The van der Waals surface area contributed by atoms with Crippen LogP contribution in [-0.4, -0.2) is 20.1 Å². The second-order valence-electron chi connectivity index (χ2n) is 6.17. The Morgan fingerprint density at radius 3 is 2.37 bits per heavy atom. The molecule has 0 saturated carbocycles. The van der Waals surface area contributed by atoms with Crippen molar-refractivity contribution in [3.63, 3.8) is 0 Å². The van der Waals surface area contributed by atoms with Crippen LogP contribution in [0.3, 0.4) is 0 Å². The molecule has 0 aromatic heterocycles. The number of hydrogen-bond acceptors (Lipinski definition) is 4. The minimum absolute atomic E-state index is 0.00761. The molecule has 0 heterocycles. The van der Waals surface area contributed by atoms with E-state index in [9.17, 15) is 10.1 Å². The van der Waals surface area contributed by atoms with Crippen molar-refractivity contribution < 1.29 is 14.3 Å². The molecule has 2 aromatic rings. The van der Waals surface area contributed by atoms with Gasteiger partial charge >= 0.3 is 0 Å². The van der Waals surface area contributed by atoms with E-state index in [1.807, 2.05) is 30.3 Å². The number of nitrogens with one attached hydrogen (secondary N) is 1. The normalized spacial score (nSPS) is 12.0. The number of carbonyl (C=O) groups is 1. The Balaban J connectivity index is 2.18. The summed E-state index contributed by atoms with van der Waals surface area (Å²) < 4.78 is 10.4. The van der Waals surface area contributed by atoms with E-state index in [4.69, 9.17) is 9.47 Å². The van der Waals surface area contributed by atoms with Gasteiger partial charge in [0.05, 0.1) is 14.2 Å². The maximum absolute atomic E-state index is 12.4. The minimum atomic E-state index is -0.455. The summed E-state index contributed by atoms with van der Waals surface area (Å²) in [5, 5.41) is 12.1. The molecule has 0 aliphatic heterocycles. The third kappa shape index (κ3) is 5.11. The lowest BCUT2D eigenvalue weighted by Crippen LogP contribution is -2.13. The molecule has 5 nitrogen and oxygen atoms in total. The van der Waals surface area contributed by atoms with Crippen molar-refractivity contribution in [3.8, 4) is 17.6 Å². The van der Waals surface area contributed by atoms with Crippen LogP contribution in [-0.2, 0) is 4.79 Å². The first-order chi connectivity index (χ1) is 13.0. The van der Waals surface area contributed by atoms with Gasteiger partial charge < -0.3 is 14.8 Å². The molecule has 0 fully saturated rings. The fourth-order valence-electron chi connectivity index (χ4n) is 2.59. The SMILES string of the molecule is CC[C@H](C)c1ccc(NC(=O)/C(C#N)=C/c2ccc(OC)c(OC)c2)cc1. The molecular formula is C22H24N2O3. The van der Waals surface area contributed by atoms with Gasteiger partial charge in [-0.25, -0.2) is 0 Å². The fraction of sp³-hybridized carbons (Fsp3) is 0.273. The minimum Gasteiger partial charge on any atom is -0.493 e. The Labute approximate surface area is 160 Å². The molecule has 1 atom stereocenters. The van der Waals surface area contributed by atoms with Gasteiger partial charge in [-0.3, -0.25) is 4.79 Å². The molecule has 2 rings (SSSR count). The van der Waals surface area contributed by atoms with Gasteiger partial charge in [-0.05, 0) is 53.8 Å². The van der Waals surface area contributed by atoms with Crippen LogP contribution in [0.15, 0.2) is 48.0 Å². The summed E-state index contributed by atoms with van der Waals surface area (Å²) in [6, 6.07) is 14.8. The Bertz CT molecular complexity index is 864. The van der Waals surface area contributed by atoms with Gasteiger partial charge in [-0.15, -0.1) is 0 Å². The predicted molar refractivity (Wildman–Crippen MR) is 107 cm³/mol. The summed E-state index contributed by atoms with van der Waals surface area (Å²) >= 11 is 0. The van der Waals surface area contributed by atoms with Crippen LogP contribution in [0.25, 0.3) is 6.08 Å². The molecule has 1 N–H and O–H groups in total. The van der Waals surface area contributed by atoms with Crippen molar-refractivity contribution in [2.45, 2.75) is 26.2 Å². The highest BCUT2D eigenvalue weighted by Gasteiger charge is 2.11. The standard InChI is InChI=1S/C22H24N2O3/c1-5-15(2)17-7-9-19(10-8-17)24-22(25)18(14-23)12-16-6-11-20(26-3)21(13-16)27-4/h6-13,15H,5H2,1-4H3,(H,24,25)/b18-12+/t15-/m0/s1. The quantitative estimate of drug-likeness (QED) is 0.568. The van der Waals surface area contributed by atoms with E-state index in [0.29, 0.717) is 28.7 Å². The number of rotatable bonds is 7. The molecule has 1 amide bonds. The smallest absolute Gasteiger partial charge is 0.266 e. The first kappa shape index (κ1) is 20.1. The number of hydrogen-bond donors (Lipinski definition) is 1. The van der Waals surface area contributed by atoms with Crippen molar-refractivity contribution in [2.75, 3.05) is 19.5 Å². The van der Waals surface area contributed by atoms with Gasteiger partial charge in [0.2, 0.25) is 0 Å². The monoisotopic (exact) mass is 364 g/mol. The van der Waals surface area contributed by atoms with E-state index in [2.05, 4.69) is 19.2 Å². The Kier molecular flexibility index (Phi) is 7.01. The second kappa shape index (κ2) is 9.44. The van der Waals surface area contributed by atoms with Crippen molar-refractivity contribution in [3.05, 3.63) is 59.2 Å². The summed E-state index contributed by atoms with van der Waals surface area (Å²) in [5.41, 5.74) is 2.55. The number of nitrogens with zero attached hydrogens (tertiary/aromatic N) is 1. The zero-order valence-corrected chi connectivity index (χ0v) is 16.1. The zero-order valence-electron chi connectivity index (χ0n) is 16.1. The van der Waals surface area contributed by atoms with Crippen LogP contribution < -0.4 is 14.8 Å². The summed E-state index contributed by atoms with van der Waals surface area (Å²) in [5.74, 6) is 1.13. The first-order valence-electron chi connectivity index (χ1n) is 8.77. The lowest BCUT2D eigenvalue weighted by Gasteiger charge is -2.10. The zero-order chi connectivity index (χ0) is 19.8. The van der Waals surface area contributed by atoms with Gasteiger partial charge in [-0.1, -0.05) is 32.0 Å². The number of benzene rings is 2. The molecule has 27 heavy (non-hydrogen) atoms. The number of carbonyl (C=O) groups excluding carboxylic acids is 1. The number of anilines is 1. The molecule has 0 aliphatic rings.